The predicted molar refractivity (Wildman–Crippen MR) is 108 cm³/mol. The van der Waals surface area contributed by atoms with Crippen molar-refractivity contribution < 1.29 is 4.74 Å². The van der Waals surface area contributed by atoms with Crippen molar-refractivity contribution in [2.24, 2.45) is 10.7 Å². The van der Waals surface area contributed by atoms with E-state index in [0.717, 1.165) is 24.3 Å². The van der Waals surface area contributed by atoms with Gasteiger partial charge in [-0.05, 0) is 55.0 Å². The lowest BCUT2D eigenvalue weighted by molar-refractivity contribution is 0.327. The Bertz CT molecular complexity index is 676. The summed E-state index contributed by atoms with van der Waals surface area (Å²) in [5.74, 6) is 1.17. The van der Waals surface area contributed by atoms with Crippen LogP contribution >= 0.6 is 24.0 Å². The quantitative estimate of drug-likeness (QED) is 0.325. The molecule has 0 saturated heterocycles. The van der Waals surface area contributed by atoms with Gasteiger partial charge in [-0.25, -0.2) is 4.99 Å². The standard InChI is InChI=1S/C18H22N4O.HI/c19-18(21-11-12-23-15-7-4-10-20-13-15)22-17-9-3-6-14-5-1-2-8-16(14)17;/h3-4,6-7,9-10,13H,1-2,5,8,11-12H2,(H3,19,21,22);1H. The smallest absolute Gasteiger partial charge is 0.193 e. The van der Waals surface area contributed by atoms with E-state index >= 15 is 0 Å². The van der Waals surface area contributed by atoms with E-state index in [0.29, 0.717) is 19.1 Å². The molecule has 128 valence electrons. The number of halogens is 1. The van der Waals surface area contributed by atoms with Gasteiger partial charge in [0.1, 0.15) is 12.4 Å². The molecule has 2 aromatic rings. The molecule has 24 heavy (non-hydrogen) atoms. The van der Waals surface area contributed by atoms with Gasteiger partial charge in [-0.15, -0.1) is 24.0 Å². The van der Waals surface area contributed by atoms with Crippen LogP contribution in [0.15, 0.2) is 47.7 Å². The van der Waals surface area contributed by atoms with E-state index in [1.165, 1.54) is 24.0 Å². The molecule has 0 unspecified atom stereocenters. The molecule has 3 N–H and O–H groups in total. The predicted octanol–water partition coefficient (Wildman–Crippen LogP) is 3.38. The van der Waals surface area contributed by atoms with E-state index in [2.05, 4.69) is 33.5 Å². The number of fused-ring (bicyclic) bond motifs is 1. The maximum atomic E-state index is 5.99. The van der Waals surface area contributed by atoms with Gasteiger partial charge in [0.2, 0.25) is 0 Å². The van der Waals surface area contributed by atoms with Gasteiger partial charge in [0.05, 0.1) is 12.7 Å². The van der Waals surface area contributed by atoms with Crippen LogP contribution in [0.3, 0.4) is 0 Å². The Kier molecular flexibility index (Phi) is 7.30. The summed E-state index contributed by atoms with van der Waals surface area (Å²) < 4.78 is 5.54. The van der Waals surface area contributed by atoms with E-state index < -0.39 is 0 Å². The number of guanidine groups is 1. The van der Waals surface area contributed by atoms with Crippen molar-refractivity contribution in [3.8, 4) is 5.75 Å². The Morgan fingerprint density at radius 2 is 2.08 bits per heavy atom. The summed E-state index contributed by atoms with van der Waals surface area (Å²) in [5, 5.41) is 3.23. The first-order valence-corrected chi connectivity index (χ1v) is 8.03. The van der Waals surface area contributed by atoms with Gasteiger partial charge in [0.25, 0.3) is 0 Å². The normalized spacial score (nSPS) is 13.6. The lowest BCUT2D eigenvalue weighted by atomic mass is 9.90. The summed E-state index contributed by atoms with van der Waals surface area (Å²) in [6.45, 7) is 0.976. The second-order valence-electron chi connectivity index (χ2n) is 5.58. The molecule has 0 atom stereocenters. The fraction of sp³-hybridized carbons (Fsp3) is 0.333. The fourth-order valence-electron chi connectivity index (χ4n) is 2.84. The van der Waals surface area contributed by atoms with Gasteiger partial charge in [-0.3, -0.25) is 4.98 Å². The number of nitrogens with one attached hydrogen (secondary N) is 1. The van der Waals surface area contributed by atoms with Gasteiger partial charge in [-0.1, -0.05) is 12.1 Å². The summed E-state index contributed by atoms with van der Waals surface area (Å²) in [7, 11) is 0. The van der Waals surface area contributed by atoms with Crippen LogP contribution in [0.25, 0.3) is 0 Å². The summed E-state index contributed by atoms with van der Waals surface area (Å²) in [6, 6.07) is 10.1. The molecule has 0 amide bonds. The zero-order valence-corrected chi connectivity index (χ0v) is 15.9. The number of benzene rings is 1. The van der Waals surface area contributed by atoms with Crippen molar-refractivity contribution in [3.05, 3.63) is 53.9 Å². The lowest BCUT2D eigenvalue weighted by Gasteiger charge is -2.19. The van der Waals surface area contributed by atoms with Gasteiger partial charge in [-0.2, -0.15) is 0 Å². The molecule has 1 aliphatic carbocycles. The van der Waals surface area contributed by atoms with Gasteiger partial charge < -0.3 is 15.8 Å². The van der Waals surface area contributed by atoms with Crippen LogP contribution < -0.4 is 15.8 Å². The van der Waals surface area contributed by atoms with Crippen molar-refractivity contribution in [1.82, 2.24) is 4.98 Å². The molecule has 5 nitrogen and oxygen atoms in total. The maximum absolute atomic E-state index is 5.99. The van der Waals surface area contributed by atoms with E-state index in [-0.39, 0.29) is 24.0 Å². The lowest BCUT2D eigenvalue weighted by Crippen LogP contribution is -2.25. The fourth-order valence-corrected chi connectivity index (χ4v) is 2.84. The first-order valence-electron chi connectivity index (χ1n) is 8.03. The highest BCUT2D eigenvalue weighted by Gasteiger charge is 2.12. The zero-order chi connectivity index (χ0) is 15.9. The molecular weight excluding hydrogens is 415 g/mol. The number of rotatable bonds is 5. The molecular formula is C18H23IN4O. The molecule has 1 aromatic heterocycles. The van der Waals surface area contributed by atoms with Crippen molar-refractivity contribution >= 4 is 35.6 Å². The molecule has 0 saturated carbocycles. The van der Waals surface area contributed by atoms with Crippen molar-refractivity contribution in [2.45, 2.75) is 25.7 Å². The van der Waals surface area contributed by atoms with E-state index in [1.54, 1.807) is 12.4 Å². The Hall–Kier alpha value is -1.83. The number of ether oxygens (including phenoxy) is 1. The third-order valence-electron chi connectivity index (χ3n) is 3.94. The van der Waals surface area contributed by atoms with Crippen LogP contribution in [0.1, 0.15) is 24.0 Å². The number of nitrogens with zero attached hydrogens (tertiary/aromatic N) is 2. The van der Waals surface area contributed by atoms with Crippen molar-refractivity contribution in [3.63, 3.8) is 0 Å². The molecule has 0 spiro atoms. The average molecular weight is 438 g/mol. The summed E-state index contributed by atoms with van der Waals surface area (Å²) in [5.41, 5.74) is 9.87. The monoisotopic (exact) mass is 438 g/mol. The van der Waals surface area contributed by atoms with Crippen molar-refractivity contribution in [1.29, 1.82) is 0 Å². The second-order valence-corrected chi connectivity index (χ2v) is 5.58. The molecule has 1 aliphatic rings. The van der Waals surface area contributed by atoms with Crippen LogP contribution in [-0.4, -0.2) is 24.1 Å². The van der Waals surface area contributed by atoms with E-state index in [4.69, 9.17) is 10.5 Å². The highest BCUT2D eigenvalue weighted by molar-refractivity contribution is 14.0. The molecule has 0 fully saturated rings. The molecule has 1 aromatic carbocycles. The topological polar surface area (TPSA) is 72.5 Å². The maximum Gasteiger partial charge on any atom is 0.193 e. The van der Waals surface area contributed by atoms with E-state index in [1.807, 2.05) is 12.1 Å². The zero-order valence-electron chi connectivity index (χ0n) is 13.6. The van der Waals surface area contributed by atoms with Crippen LogP contribution in [0, 0.1) is 0 Å². The molecule has 0 radical (unpaired) electrons. The number of hydrogen-bond acceptors (Lipinski definition) is 3. The SMILES string of the molecule is I.NC(=NCCOc1cccnc1)Nc1cccc2c1CCCC2. The number of nitrogens with two attached hydrogens (primary N) is 1. The van der Waals surface area contributed by atoms with Gasteiger partial charge >= 0.3 is 0 Å². The first-order chi connectivity index (χ1) is 11.3. The summed E-state index contributed by atoms with van der Waals surface area (Å²) >= 11 is 0. The van der Waals surface area contributed by atoms with Crippen LogP contribution in [-0.2, 0) is 12.8 Å². The first kappa shape index (κ1) is 18.5. The molecule has 3 rings (SSSR count). The Balaban J connectivity index is 0.00000208. The largest absolute Gasteiger partial charge is 0.490 e. The number of hydrogen-bond donors (Lipinski definition) is 2. The second kappa shape index (κ2) is 9.46. The minimum Gasteiger partial charge on any atom is -0.490 e. The summed E-state index contributed by atoms with van der Waals surface area (Å²) in [4.78, 5) is 8.32. The van der Waals surface area contributed by atoms with Crippen molar-refractivity contribution in [2.75, 3.05) is 18.5 Å². The minimum atomic E-state index is 0. The molecule has 0 bridgehead atoms. The molecule has 1 heterocycles. The number of pyridine rings is 1. The Morgan fingerprint density at radius 1 is 1.21 bits per heavy atom. The number of anilines is 1. The van der Waals surface area contributed by atoms with E-state index in [9.17, 15) is 0 Å². The average Bonchev–Trinajstić information content (AvgIpc) is 2.60. The van der Waals surface area contributed by atoms with Gasteiger partial charge in [0, 0.05) is 11.9 Å². The van der Waals surface area contributed by atoms with Crippen LogP contribution in [0.4, 0.5) is 5.69 Å². The highest BCUT2D eigenvalue weighted by atomic mass is 127. The minimum absolute atomic E-state index is 0. The summed E-state index contributed by atoms with van der Waals surface area (Å²) in [6.07, 6.45) is 8.17. The third-order valence-corrected chi connectivity index (χ3v) is 3.94. The van der Waals surface area contributed by atoms with Gasteiger partial charge in [0.15, 0.2) is 5.96 Å². The number of aryl methyl sites for hydroxylation is 1. The third kappa shape index (κ3) is 5.09. The number of aromatic nitrogens is 1. The van der Waals surface area contributed by atoms with Crippen LogP contribution in [0.2, 0.25) is 0 Å². The molecule has 0 aliphatic heterocycles. The number of aliphatic imine (C=N–C) groups is 1. The Labute approximate surface area is 159 Å². The molecule has 6 heteroatoms. The Morgan fingerprint density at radius 3 is 2.92 bits per heavy atom. The highest BCUT2D eigenvalue weighted by Crippen LogP contribution is 2.27. The van der Waals surface area contributed by atoms with Crippen LogP contribution in [0.5, 0.6) is 5.75 Å².